The maximum Gasteiger partial charge on any atom is 0.161 e. The summed E-state index contributed by atoms with van der Waals surface area (Å²) in [4.78, 5) is 13.3. The van der Waals surface area contributed by atoms with Crippen LogP contribution in [0.3, 0.4) is 0 Å². The lowest BCUT2D eigenvalue weighted by molar-refractivity contribution is 0.112. The third kappa shape index (κ3) is 3.95. The minimum Gasteiger partial charge on any atom is -0.493 e. The monoisotopic (exact) mass is 325 g/mol. The molecule has 0 aromatic heterocycles. The van der Waals surface area contributed by atoms with Crippen molar-refractivity contribution in [2.75, 3.05) is 26.8 Å². The van der Waals surface area contributed by atoms with Crippen molar-refractivity contribution in [3.63, 3.8) is 0 Å². The molecule has 24 heavy (non-hydrogen) atoms. The summed E-state index contributed by atoms with van der Waals surface area (Å²) in [5.41, 5.74) is 3.51. The first kappa shape index (κ1) is 16.5. The maximum atomic E-state index is 10.8. The fourth-order valence-electron chi connectivity index (χ4n) is 3.09. The Kier molecular flexibility index (Phi) is 5.49. The number of aldehydes is 1. The number of carbonyl (C=O) groups is 1. The number of carbonyl (C=O) groups excluding carboxylic acids is 1. The number of benzene rings is 2. The molecule has 2 aromatic rings. The molecule has 126 valence electrons. The van der Waals surface area contributed by atoms with Crippen LogP contribution in [0, 0.1) is 0 Å². The van der Waals surface area contributed by atoms with Crippen molar-refractivity contribution in [3.05, 3.63) is 59.2 Å². The minimum atomic E-state index is 0.589. The van der Waals surface area contributed by atoms with Gasteiger partial charge in [0.25, 0.3) is 0 Å². The smallest absolute Gasteiger partial charge is 0.161 e. The number of nitrogens with zero attached hydrogens (tertiary/aromatic N) is 1. The van der Waals surface area contributed by atoms with Crippen LogP contribution in [0.25, 0.3) is 0 Å². The summed E-state index contributed by atoms with van der Waals surface area (Å²) in [6.45, 7) is 3.78. The first-order chi connectivity index (χ1) is 11.8. The van der Waals surface area contributed by atoms with Gasteiger partial charge in [-0.3, -0.25) is 9.69 Å². The molecule has 1 heterocycles. The van der Waals surface area contributed by atoms with Crippen molar-refractivity contribution in [3.8, 4) is 11.5 Å². The molecular formula is C20H23NO3. The van der Waals surface area contributed by atoms with Crippen LogP contribution >= 0.6 is 0 Å². The molecule has 2 aromatic carbocycles. The Balaban J connectivity index is 1.47. The largest absolute Gasteiger partial charge is 0.493 e. The quantitative estimate of drug-likeness (QED) is 0.578. The molecule has 1 aliphatic rings. The molecule has 4 nitrogen and oxygen atoms in total. The molecule has 0 fully saturated rings. The summed E-state index contributed by atoms with van der Waals surface area (Å²) in [5, 5.41) is 0. The Morgan fingerprint density at radius 2 is 1.96 bits per heavy atom. The molecule has 0 unspecified atom stereocenters. The predicted molar refractivity (Wildman–Crippen MR) is 93.9 cm³/mol. The van der Waals surface area contributed by atoms with Crippen LogP contribution in [-0.4, -0.2) is 38.0 Å². The molecule has 0 bridgehead atoms. The van der Waals surface area contributed by atoms with Gasteiger partial charge < -0.3 is 9.47 Å². The van der Waals surface area contributed by atoms with Crippen LogP contribution < -0.4 is 9.47 Å². The number of hydrogen-bond donors (Lipinski definition) is 0. The second-order valence-electron chi connectivity index (χ2n) is 6.03. The van der Waals surface area contributed by atoms with E-state index in [9.17, 15) is 4.79 Å². The van der Waals surface area contributed by atoms with Crippen LogP contribution in [0.5, 0.6) is 11.5 Å². The molecule has 0 atom stereocenters. The highest BCUT2D eigenvalue weighted by Crippen LogP contribution is 2.27. The van der Waals surface area contributed by atoms with Crippen molar-refractivity contribution < 1.29 is 14.3 Å². The van der Waals surface area contributed by atoms with Gasteiger partial charge in [-0.15, -0.1) is 0 Å². The van der Waals surface area contributed by atoms with Gasteiger partial charge in [0.15, 0.2) is 11.5 Å². The van der Waals surface area contributed by atoms with E-state index in [0.29, 0.717) is 23.7 Å². The van der Waals surface area contributed by atoms with E-state index in [-0.39, 0.29) is 0 Å². The molecule has 0 N–H and O–H groups in total. The number of methoxy groups -OCH3 is 1. The lowest BCUT2D eigenvalue weighted by atomic mass is 10.00. The van der Waals surface area contributed by atoms with Gasteiger partial charge in [-0.25, -0.2) is 0 Å². The van der Waals surface area contributed by atoms with Crippen LogP contribution in [0.2, 0.25) is 0 Å². The second kappa shape index (κ2) is 7.97. The van der Waals surface area contributed by atoms with E-state index in [1.807, 2.05) is 0 Å². The van der Waals surface area contributed by atoms with E-state index in [2.05, 4.69) is 29.2 Å². The molecule has 0 saturated heterocycles. The molecule has 4 heteroatoms. The zero-order valence-electron chi connectivity index (χ0n) is 14.0. The summed E-state index contributed by atoms with van der Waals surface area (Å²) in [5.74, 6) is 1.29. The molecule has 1 aliphatic heterocycles. The summed E-state index contributed by atoms with van der Waals surface area (Å²) < 4.78 is 11.1. The molecule has 0 amide bonds. The van der Waals surface area contributed by atoms with E-state index < -0.39 is 0 Å². The van der Waals surface area contributed by atoms with Crippen LogP contribution in [0.4, 0.5) is 0 Å². The third-order valence-corrected chi connectivity index (χ3v) is 4.41. The Morgan fingerprint density at radius 1 is 1.12 bits per heavy atom. The maximum absolute atomic E-state index is 10.8. The number of ether oxygens (including phenoxy) is 2. The molecule has 0 saturated carbocycles. The average Bonchev–Trinajstić information content (AvgIpc) is 2.65. The second-order valence-corrected chi connectivity index (χ2v) is 6.03. The fraction of sp³-hybridized carbons (Fsp3) is 0.350. The van der Waals surface area contributed by atoms with Gasteiger partial charge in [0.2, 0.25) is 0 Å². The fourth-order valence-corrected chi connectivity index (χ4v) is 3.09. The van der Waals surface area contributed by atoms with Gasteiger partial charge in [-0.05, 0) is 42.2 Å². The summed E-state index contributed by atoms with van der Waals surface area (Å²) >= 11 is 0. The van der Waals surface area contributed by atoms with Gasteiger partial charge in [0, 0.05) is 25.2 Å². The lowest BCUT2D eigenvalue weighted by Crippen LogP contribution is -2.31. The average molecular weight is 325 g/mol. The van der Waals surface area contributed by atoms with E-state index in [4.69, 9.17) is 9.47 Å². The zero-order chi connectivity index (χ0) is 16.8. The Bertz CT molecular complexity index is 699. The molecule has 0 spiro atoms. The van der Waals surface area contributed by atoms with Crippen molar-refractivity contribution in [2.24, 2.45) is 0 Å². The normalized spacial score (nSPS) is 14.0. The molecule has 0 radical (unpaired) electrons. The van der Waals surface area contributed by atoms with Crippen molar-refractivity contribution >= 4 is 6.29 Å². The molecule has 0 aliphatic carbocycles. The predicted octanol–water partition coefficient (Wildman–Crippen LogP) is 3.33. The number of fused-ring (bicyclic) bond motifs is 1. The van der Waals surface area contributed by atoms with E-state index >= 15 is 0 Å². The highest BCUT2D eigenvalue weighted by Gasteiger charge is 2.15. The lowest BCUT2D eigenvalue weighted by Gasteiger charge is -2.28. The standard InChI is InChI=1S/C20H23NO3/c1-23-20-13-16(15-22)7-8-19(20)24-12-4-10-21-11-9-17-5-2-3-6-18(17)14-21/h2-3,5-8,13,15H,4,9-12,14H2,1H3. The number of hydrogen-bond acceptors (Lipinski definition) is 4. The summed E-state index contributed by atoms with van der Waals surface area (Å²) in [6, 6.07) is 13.9. The van der Waals surface area contributed by atoms with Crippen LogP contribution in [0.1, 0.15) is 27.9 Å². The highest BCUT2D eigenvalue weighted by atomic mass is 16.5. The number of rotatable bonds is 7. The topological polar surface area (TPSA) is 38.8 Å². The summed E-state index contributed by atoms with van der Waals surface area (Å²) in [7, 11) is 1.59. The third-order valence-electron chi connectivity index (χ3n) is 4.41. The van der Waals surface area contributed by atoms with E-state index in [1.165, 1.54) is 11.1 Å². The van der Waals surface area contributed by atoms with Crippen LogP contribution in [0.15, 0.2) is 42.5 Å². The van der Waals surface area contributed by atoms with Crippen LogP contribution in [-0.2, 0) is 13.0 Å². The van der Waals surface area contributed by atoms with Gasteiger partial charge in [-0.1, -0.05) is 24.3 Å². The Hall–Kier alpha value is -2.33. The molecular weight excluding hydrogens is 302 g/mol. The summed E-state index contributed by atoms with van der Waals surface area (Å²) in [6.07, 6.45) is 2.89. The first-order valence-electron chi connectivity index (χ1n) is 8.35. The Labute approximate surface area is 143 Å². The van der Waals surface area contributed by atoms with E-state index in [0.717, 1.165) is 38.8 Å². The SMILES string of the molecule is COc1cc(C=O)ccc1OCCCN1CCc2ccccc2C1. The van der Waals surface area contributed by atoms with Gasteiger partial charge in [-0.2, -0.15) is 0 Å². The van der Waals surface area contributed by atoms with Gasteiger partial charge in [0.05, 0.1) is 13.7 Å². The highest BCUT2D eigenvalue weighted by molar-refractivity contribution is 5.76. The minimum absolute atomic E-state index is 0.589. The van der Waals surface area contributed by atoms with Gasteiger partial charge in [0.1, 0.15) is 6.29 Å². The van der Waals surface area contributed by atoms with Crippen molar-refractivity contribution in [2.45, 2.75) is 19.4 Å². The first-order valence-corrected chi connectivity index (χ1v) is 8.35. The van der Waals surface area contributed by atoms with Gasteiger partial charge >= 0.3 is 0 Å². The van der Waals surface area contributed by atoms with Crippen molar-refractivity contribution in [1.29, 1.82) is 0 Å². The molecule has 3 rings (SSSR count). The Morgan fingerprint density at radius 3 is 2.75 bits per heavy atom. The van der Waals surface area contributed by atoms with E-state index in [1.54, 1.807) is 25.3 Å². The zero-order valence-corrected chi connectivity index (χ0v) is 14.0. The van der Waals surface area contributed by atoms with Crippen molar-refractivity contribution in [1.82, 2.24) is 4.90 Å².